The van der Waals surface area contributed by atoms with Crippen LogP contribution in [0.25, 0.3) is 0 Å². The van der Waals surface area contributed by atoms with Gasteiger partial charge in [0.25, 0.3) is 5.91 Å². The first-order valence-corrected chi connectivity index (χ1v) is 9.63. The number of hydrogen-bond donors (Lipinski definition) is 1. The Balaban J connectivity index is 1.36. The van der Waals surface area contributed by atoms with Crippen LogP contribution in [0.2, 0.25) is 5.02 Å². The minimum Gasteiger partial charge on any atom is -0.490 e. The number of benzene rings is 3. The molecule has 0 bridgehead atoms. The molecule has 6 nitrogen and oxygen atoms in total. The number of carbonyl (C=O) groups excluding carboxylic acids is 2. The van der Waals surface area contributed by atoms with Crippen LogP contribution >= 0.6 is 11.6 Å². The normalized spacial score (nSPS) is 10.2. The SMILES string of the molecule is O=C(CNC(=O)c1ccc(Oc2ccccc2)cc1)OCCOc1cccc(Cl)c1. The summed E-state index contributed by atoms with van der Waals surface area (Å²) in [5.41, 5.74) is 0.410. The van der Waals surface area contributed by atoms with Gasteiger partial charge in [-0.15, -0.1) is 0 Å². The van der Waals surface area contributed by atoms with Crippen molar-refractivity contribution in [3.8, 4) is 17.2 Å². The number of hydrogen-bond acceptors (Lipinski definition) is 5. The highest BCUT2D eigenvalue weighted by atomic mass is 35.5. The summed E-state index contributed by atoms with van der Waals surface area (Å²) < 4.78 is 16.1. The molecule has 1 N–H and O–H groups in total. The lowest BCUT2D eigenvalue weighted by Gasteiger charge is -2.09. The van der Waals surface area contributed by atoms with Crippen LogP contribution in [-0.2, 0) is 9.53 Å². The van der Waals surface area contributed by atoms with Gasteiger partial charge in [0.15, 0.2) is 0 Å². The molecule has 3 aromatic carbocycles. The van der Waals surface area contributed by atoms with E-state index in [0.29, 0.717) is 27.8 Å². The quantitative estimate of drug-likeness (QED) is 0.404. The molecular weight excluding hydrogens is 406 g/mol. The second-order valence-electron chi connectivity index (χ2n) is 6.15. The van der Waals surface area contributed by atoms with Crippen molar-refractivity contribution in [1.29, 1.82) is 0 Å². The maximum Gasteiger partial charge on any atom is 0.325 e. The average molecular weight is 426 g/mol. The first-order chi connectivity index (χ1) is 14.6. The Morgan fingerprint density at radius 2 is 1.50 bits per heavy atom. The van der Waals surface area contributed by atoms with E-state index in [1.165, 1.54) is 0 Å². The maximum absolute atomic E-state index is 12.2. The Bertz CT molecular complexity index is 976. The van der Waals surface area contributed by atoms with Crippen LogP contribution in [0.4, 0.5) is 0 Å². The highest BCUT2D eigenvalue weighted by Gasteiger charge is 2.09. The fraction of sp³-hybridized carbons (Fsp3) is 0.130. The first kappa shape index (κ1) is 21.2. The van der Waals surface area contributed by atoms with Crippen molar-refractivity contribution < 1.29 is 23.8 Å². The van der Waals surface area contributed by atoms with Crippen LogP contribution in [0, 0.1) is 0 Å². The van der Waals surface area contributed by atoms with E-state index in [2.05, 4.69) is 5.32 Å². The summed E-state index contributed by atoms with van der Waals surface area (Å²) in [6, 6.07) is 22.9. The van der Waals surface area contributed by atoms with Crippen molar-refractivity contribution in [2.75, 3.05) is 19.8 Å². The number of rotatable bonds is 9. The molecule has 0 unspecified atom stereocenters. The summed E-state index contributed by atoms with van der Waals surface area (Å²) in [6.45, 7) is 0.00785. The van der Waals surface area contributed by atoms with E-state index in [-0.39, 0.29) is 25.7 Å². The van der Waals surface area contributed by atoms with Crippen LogP contribution < -0.4 is 14.8 Å². The van der Waals surface area contributed by atoms with Gasteiger partial charge in [-0.3, -0.25) is 9.59 Å². The zero-order valence-corrected chi connectivity index (χ0v) is 16.8. The summed E-state index contributed by atoms with van der Waals surface area (Å²) in [5, 5.41) is 3.08. The third kappa shape index (κ3) is 6.83. The summed E-state index contributed by atoms with van der Waals surface area (Å²) >= 11 is 5.86. The molecule has 0 aliphatic rings. The van der Waals surface area contributed by atoms with Gasteiger partial charge in [0.05, 0.1) is 0 Å². The van der Waals surface area contributed by atoms with E-state index >= 15 is 0 Å². The second-order valence-corrected chi connectivity index (χ2v) is 6.58. The Morgan fingerprint density at radius 1 is 0.800 bits per heavy atom. The molecule has 0 saturated carbocycles. The van der Waals surface area contributed by atoms with Gasteiger partial charge in [0.1, 0.15) is 37.0 Å². The third-order valence-corrected chi connectivity index (χ3v) is 4.13. The largest absolute Gasteiger partial charge is 0.490 e. The fourth-order valence-corrected chi connectivity index (χ4v) is 2.66. The number of halogens is 1. The smallest absolute Gasteiger partial charge is 0.325 e. The Labute approximate surface area is 179 Å². The topological polar surface area (TPSA) is 73.9 Å². The van der Waals surface area contributed by atoms with E-state index in [1.807, 2.05) is 30.3 Å². The molecule has 3 aromatic rings. The van der Waals surface area contributed by atoms with Crippen molar-refractivity contribution in [3.63, 3.8) is 0 Å². The Hall–Kier alpha value is -3.51. The monoisotopic (exact) mass is 425 g/mol. The van der Waals surface area contributed by atoms with E-state index in [0.717, 1.165) is 0 Å². The molecule has 0 aromatic heterocycles. The minimum absolute atomic E-state index is 0.0622. The zero-order valence-electron chi connectivity index (χ0n) is 16.0. The number of carbonyl (C=O) groups is 2. The number of nitrogens with one attached hydrogen (secondary N) is 1. The van der Waals surface area contributed by atoms with Crippen LogP contribution in [0.15, 0.2) is 78.9 Å². The molecule has 0 aliphatic heterocycles. The summed E-state index contributed by atoms with van der Waals surface area (Å²) in [5.74, 6) is 0.968. The highest BCUT2D eigenvalue weighted by molar-refractivity contribution is 6.30. The molecule has 0 atom stereocenters. The molecule has 0 fully saturated rings. The number of esters is 1. The van der Waals surface area contributed by atoms with Gasteiger partial charge in [-0.25, -0.2) is 0 Å². The number of para-hydroxylation sites is 1. The number of amides is 1. The lowest BCUT2D eigenvalue weighted by atomic mass is 10.2. The van der Waals surface area contributed by atoms with Gasteiger partial charge < -0.3 is 19.5 Å². The van der Waals surface area contributed by atoms with Crippen molar-refractivity contribution in [2.24, 2.45) is 0 Å². The zero-order chi connectivity index (χ0) is 21.2. The van der Waals surface area contributed by atoms with Gasteiger partial charge in [0.2, 0.25) is 0 Å². The molecule has 0 aliphatic carbocycles. The standard InChI is InChI=1S/C23H20ClNO5/c24-18-5-4-8-21(15-18)28-13-14-29-22(26)16-25-23(27)17-9-11-20(12-10-17)30-19-6-2-1-3-7-19/h1-12,15H,13-14,16H2,(H,25,27). The highest BCUT2D eigenvalue weighted by Crippen LogP contribution is 2.21. The van der Waals surface area contributed by atoms with Crippen LogP contribution in [0.5, 0.6) is 17.2 Å². The van der Waals surface area contributed by atoms with Crippen molar-refractivity contribution in [2.45, 2.75) is 0 Å². The summed E-state index contributed by atoms with van der Waals surface area (Å²) in [4.78, 5) is 23.9. The van der Waals surface area contributed by atoms with Crippen LogP contribution in [0.1, 0.15) is 10.4 Å². The van der Waals surface area contributed by atoms with Crippen molar-refractivity contribution in [3.05, 3.63) is 89.4 Å². The molecule has 0 radical (unpaired) electrons. The van der Waals surface area contributed by atoms with E-state index in [9.17, 15) is 9.59 Å². The van der Waals surface area contributed by atoms with Crippen LogP contribution in [-0.4, -0.2) is 31.6 Å². The molecule has 7 heteroatoms. The van der Waals surface area contributed by atoms with Gasteiger partial charge >= 0.3 is 5.97 Å². The average Bonchev–Trinajstić information content (AvgIpc) is 2.76. The van der Waals surface area contributed by atoms with Crippen molar-refractivity contribution >= 4 is 23.5 Å². The van der Waals surface area contributed by atoms with Crippen molar-refractivity contribution in [1.82, 2.24) is 5.32 Å². The molecule has 0 spiro atoms. The minimum atomic E-state index is -0.554. The fourth-order valence-electron chi connectivity index (χ4n) is 2.48. The molecule has 1 amide bonds. The molecule has 0 saturated heterocycles. The lowest BCUT2D eigenvalue weighted by Crippen LogP contribution is -2.31. The molecule has 0 heterocycles. The van der Waals surface area contributed by atoms with Gasteiger partial charge in [0, 0.05) is 10.6 Å². The molecule has 30 heavy (non-hydrogen) atoms. The molecule has 3 rings (SSSR count). The first-order valence-electron chi connectivity index (χ1n) is 9.25. The number of ether oxygens (including phenoxy) is 3. The molecule has 154 valence electrons. The lowest BCUT2D eigenvalue weighted by molar-refractivity contribution is -0.143. The Morgan fingerprint density at radius 3 is 2.23 bits per heavy atom. The van der Waals surface area contributed by atoms with Gasteiger partial charge in [-0.2, -0.15) is 0 Å². The Kier molecular flexibility index (Phi) is 7.69. The van der Waals surface area contributed by atoms with Gasteiger partial charge in [-0.1, -0.05) is 35.9 Å². The third-order valence-electron chi connectivity index (χ3n) is 3.90. The van der Waals surface area contributed by atoms with Crippen LogP contribution in [0.3, 0.4) is 0 Å². The predicted octanol–water partition coefficient (Wildman–Crippen LogP) is 4.48. The van der Waals surface area contributed by atoms with E-state index in [4.69, 9.17) is 25.8 Å². The van der Waals surface area contributed by atoms with E-state index in [1.54, 1.807) is 48.5 Å². The second kappa shape index (κ2) is 10.9. The maximum atomic E-state index is 12.2. The summed E-state index contributed by atoms with van der Waals surface area (Å²) in [7, 11) is 0. The molecular formula is C23H20ClNO5. The van der Waals surface area contributed by atoms with Gasteiger partial charge in [-0.05, 0) is 54.6 Å². The summed E-state index contributed by atoms with van der Waals surface area (Å²) in [6.07, 6.45) is 0. The predicted molar refractivity (Wildman–Crippen MR) is 113 cm³/mol. The van der Waals surface area contributed by atoms with E-state index < -0.39 is 5.97 Å².